The van der Waals surface area contributed by atoms with Gasteiger partial charge in [-0.15, -0.1) is 0 Å². The van der Waals surface area contributed by atoms with Crippen molar-refractivity contribution < 1.29 is 0 Å². The Morgan fingerprint density at radius 3 is 2.36 bits per heavy atom. The first-order valence-electron chi connectivity index (χ1n) is 3.72. The van der Waals surface area contributed by atoms with Gasteiger partial charge in [0.15, 0.2) is 0 Å². The number of thiol groups is 1. The fourth-order valence-electron chi connectivity index (χ4n) is 0.806. The monoisotopic (exact) mass is 176 g/mol. The van der Waals surface area contributed by atoms with Crippen LogP contribution in [0.15, 0.2) is 10.3 Å². The molecule has 0 aliphatic heterocycles. The van der Waals surface area contributed by atoms with Gasteiger partial charge in [0.25, 0.3) is 0 Å². The molecule has 1 unspecified atom stereocenters. The largest absolute Gasteiger partial charge is 0.219 e. The third-order valence-electron chi connectivity index (χ3n) is 1.48. The molecule has 0 aromatic carbocycles. The molecule has 0 aliphatic carbocycles. The van der Waals surface area contributed by atoms with Gasteiger partial charge < -0.3 is 0 Å². The van der Waals surface area contributed by atoms with Gasteiger partial charge >= 0.3 is 0 Å². The second-order valence-corrected chi connectivity index (χ2v) is 3.15. The van der Waals surface area contributed by atoms with Crippen LogP contribution < -0.4 is 5.84 Å². The molecule has 0 aromatic rings. The van der Waals surface area contributed by atoms with E-state index in [-0.39, 0.29) is 6.04 Å². The lowest BCUT2D eigenvalue weighted by atomic mass is 10.0. The highest BCUT2D eigenvalue weighted by molar-refractivity contribution is 7.77. The van der Waals surface area contributed by atoms with Gasteiger partial charge in [0.2, 0.25) is 0 Å². The Morgan fingerprint density at radius 1 is 1.55 bits per heavy atom. The molecule has 0 spiro atoms. The van der Waals surface area contributed by atoms with Crippen molar-refractivity contribution in [2.75, 3.05) is 0 Å². The molecule has 0 aliphatic rings. The van der Waals surface area contributed by atoms with E-state index in [1.165, 1.54) is 0 Å². The fraction of sp³-hybridized carbons (Fsp3) is 1.00. The minimum absolute atomic E-state index is 0.244. The summed E-state index contributed by atoms with van der Waals surface area (Å²) in [6.07, 6.45) is 0.975. The standard InChI is InChI=1S/C6H16N4S/c1-4-6(5(2)3)8-9-10(7)11/h5-6,11H,4,7H2,1-3H3/b9-8-. The Bertz CT molecular complexity index is 124. The average Bonchev–Trinajstić information content (AvgIpc) is 1.87. The molecule has 0 bridgehead atoms. The van der Waals surface area contributed by atoms with Crippen LogP contribution in [0.4, 0.5) is 0 Å². The smallest absolute Gasteiger partial charge is 0.0750 e. The second kappa shape index (κ2) is 5.37. The minimum Gasteiger partial charge on any atom is -0.219 e. The molecule has 0 amide bonds. The molecule has 0 heterocycles. The van der Waals surface area contributed by atoms with E-state index >= 15 is 0 Å². The van der Waals surface area contributed by atoms with Gasteiger partial charge in [0.05, 0.1) is 6.04 Å². The summed E-state index contributed by atoms with van der Waals surface area (Å²) in [6.45, 7) is 6.28. The average molecular weight is 176 g/mol. The number of nitrogens with zero attached hydrogens (tertiary/aromatic N) is 3. The number of nitrogens with two attached hydrogens (primary N) is 1. The van der Waals surface area contributed by atoms with Crippen LogP contribution in [0.2, 0.25) is 0 Å². The molecule has 0 saturated carbocycles. The predicted octanol–water partition coefficient (Wildman–Crippen LogP) is 1.81. The van der Waals surface area contributed by atoms with Crippen molar-refractivity contribution in [2.45, 2.75) is 33.2 Å². The van der Waals surface area contributed by atoms with Gasteiger partial charge in [-0.1, -0.05) is 20.8 Å². The van der Waals surface area contributed by atoms with Gasteiger partial charge in [0.1, 0.15) is 0 Å². The van der Waals surface area contributed by atoms with Crippen molar-refractivity contribution >= 4 is 12.8 Å². The van der Waals surface area contributed by atoms with Crippen molar-refractivity contribution in [2.24, 2.45) is 22.1 Å². The first-order chi connectivity index (χ1) is 5.07. The van der Waals surface area contributed by atoms with Crippen LogP contribution in [-0.4, -0.2) is 10.6 Å². The highest BCUT2D eigenvalue weighted by Gasteiger charge is 2.08. The molecule has 4 nitrogen and oxygen atoms in total. The van der Waals surface area contributed by atoms with E-state index in [9.17, 15) is 0 Å². The van der Waals surface area contributed by atoms with E-state index in [0.717, 1.165) is 10.9 Å². The molecule has 5 heteroatoms. The molecule has 66 valence electrons. The zero-order valence-corrected chi connectivity index (χ0v) is 8.12. The Hall–Kier alpha value is -0.290. The Balaban J connectivity index is 3.87. The van der Waals surface area contributed by atoms with E-state index in [1.807, 2.05) is 0 Å². The number of hydrogen-bond donors (Lipinski definition) is 2. The molecule has 0 fully saturated rings. The lowest BCUT2D eigenvalue weighted by molar-refractivity contribution is 0.409. The van der Waals surface area contributed by atoms with Gasteiger partial charge in [0, 0.05) is 0 Å². The Labute approximate surface area is 73.3 Å². The normalized spacial score (nSPS) is 14.4. The topological polar surface area (TPSA) is 54.0 Å². The van der Waals surface area contributed by atoms with Crippen molar-refractivity contribution in [1.29, 1.82) is 0 Å². The summed E-state index contributed by atoms with van der Waals surface area (Å²) >= 11 is 3.73. The third-order valence-corrected chi connectivity index (χ3v) is 1.56. The fourth-order valence-corrected chi connectivity index (χ4v) is 0.852. The van der Waals surface area contributed by atoms with Crippen LogP contribution >= 0.6 is 12.8 Å². The molecule has 1 atom stereocenters. The molecule has 0 saturated heterocycles. The van der Waals surface area contributed by atoms with Crippen LogP contribution in [0, 0.1) is 5.92 Å². The lowest BCUT2D eigenvalue weighted by Crippen LogP contribution is -2.15. The first-order valence-corrected chi connectivity index (χ1v) is 4.12. The van der Waals surface area contributed by atoms with E-state index in [0.29, 0.717) is 5.92 Å². The molecule has 0 aromatic heterocycles. The number of rotatable bonds is 4. The van der Waals surface area contributed by atoms with Gasteiger partial charge in [-0.2, -0.15) is 9.64 Å². The van der Waals surface area contributed by atoms with Crippen molar-refractivity contribution in [3.8, 4) is 0 Å². The maximum Gasteiger partial charge on any atom is 0.0750 e. The van der Waals surface area contributed by atoms with E-state index < -0.39 is 0 Å². The van der Waals surface area contributed by atoms with E-state index in [1.54, 1.807) is 0 Å². The summed E-state index contributed by atoms with van der Waals surface area (Å²) in [6, 6.07) is 0.244. The van der Waals surface area contributed by atoms with Crippen molar-refractivity contribution in [3.63, 3.8) is 0 Å². The predicted molar refractivity (Wildman–Crippen MR) is 48.8 cm³/mol. The van der Waals surface area contributed by atoms with E-state index in [2.05, 4.69) is 43.9 Å². The zero-order chi connectivity index (χ0) is 8.85. The minimum atomic E-state index is 0.244. The van der Waals surface area contributed by atoms with Crippen LogP contribution in [0.5, 0.6) is 0 Å². The number of hydrogen-bond acceptors (Lipinski definition) is 4. The van der Waals surface area contributed by atoms with Gasteiger partial charge in [-0.05, 0) is 30.4 Å². The highest BCUT2D eigenvalue weighted by Crippen LogP contribution is 2.10. The van der Waals surface area contributed by atoms with E-state index in [4.69, 9.17) is 5.84 Å². The van der Waals surface area contributed by atoms with Crippen LogP contribution in [0.3, 0.4) is 0 Å². The SMILES string of the molecule is CCC(/N=N\N(N)S)C(C)C. The van der Waals surface area contributed by atoms with Gasteiger partial charge in [-0.3, -0.25) is 0 Å². The van der Waals surface area contributed by atoms with Gasteiger partial charge in [-0.25, -0.2) is 5.84 Å². The summed E-state index contributed by atoms with van der Waals surface area (Å²) in [5.41, 5.74) is 0. The molecule has 0 rings (SSSR count). The van der Waals surface area contributed by atoms with Crippen molar-refractivity contribution in [3.05, 3.63) is 0 Å². The Morgan fingerprint density at radius 2 is 2.09 bits per heavy atom. The summed E-state index contributed by atoms with van der Waals surface area (Å²) < 4.78 is 0.922. The molecular formula is C6H16N4S. The first kappa shape index (κ1) is 10.7. The summed E-state index contributed by atoms with van der Waals surface area (Å²) in [5.74, 6) is 5.63. The summed E-state index contributed by atoms with van der Waals surface area (Å²) in [5, 5.41) is 7.61. The zero-order valence-electron chi connectivity index (χ0n) is 7.23. The van der Waals surface area contributed by atoms with Crippen LogP contribution in [0.1, 0.15) is 27.2 Å². The highest BCUT2D eigenvalue weighted by atomic mass is 32.1. The summed E-state index contributed by atoms with van der Waals surface area (Å²) in [7, 11) is 0. The maximum atomic E-state index is 5.13. The van der Waals surface area contributed by atoms with Crippen LogP contribution in [0.25, 0.3) is 0 Å². The lowest BCUT2D eigenvalue weighted by Gasteiger charge is -2.12. The molecule has 2 N–H and O–H groups in total. The molecular weight excluding hydrogens is 160 g/mol. The third kappa shape index (κ3) is 5.03. The molecule has 0 radical (unpaired) electrons. The van der Waals surface area contributed by atoms with Crippen molar-refractivity contribution in [1.82, 2.24) is 4.52 Å². The van der Waals surface area contributed by atoms with Crippen LogP contribution in [-0.2, 0) is 0 Å². The summed E-state index contributed by atoms with van der Waals surface area (Å²) in [4.78, 5) is 0. The maximum absolute atomic E-state index is 5.13. The Kier molecular flexibility index (Phi) is 5.23. The molecule has 11 heavy (non-hydrogen) atoms. The second-order valence-electron chi connectivity index (χ2n) is 2.74. The number of hydrazine groups is 1. The quantitative estimate of drug-likeness (QED) is 0.297.